The van der Waals surface area contributed by atoms with E-state index in [0.29, 0.717) is 12.0 Å². The Balaban J connectivity index is 0.00000122. The Hall–Kier alpha value is -1.85. The van der Waals surface area contributed by atoms with Crippen LogP contribution in [0.2, 0.25) is 0 Å². The van der Waals surface area contributed by atoms with E-state index in [4.69, 9.17) is 4.74 Å². The zero-order chi connectivity index (χ0) is 20.8. The molecule has 2 aromatic carbocycles. The maximum Gasteiger partial charge on any atom is 0.298 e. The van der Waals surface area contributed by atoms with E-state index in [9.17, 15) is 13.0 Å². The van der Waals surface area contributed by atoms with Crippen molar-refractivity contribution in [2.75, 3.05) is 6.61 Å². The van der Waals surface area contributed by atoms with E-state index in [0.717, 1.165) is 18.2 Å². The van der Waals surface area contributed by atoms with Crippen LogP contribution in [0.15, 0.2) is 53.9 Å². The summed E-state index contributed by atoms with van der Waals surface area (Å²) in [4.78, 5) is -0.134. The molecule has 2 aromatic rings. The zero-order valence-electron chi connectivity index (χ0n) is 17.2. The van der Waals surface area contributed by atoms with Crippen molar-refractivity contribution in [3.8, 4) is 5.75 Å². The molecule has 28 heavy (non-hydrogen) atoms. The van der Waals surface area contributed by atoms with Gasteiger partial charge in [0.2, 0.25) is 0 Å². The number of fused-ring (bicyclic) bond motifs is 1. The lowest BCUT2D eigenvalue weighted by atomic mass is 10.1. The number of unbranched alkanes of at least 4 members (excludes halogenated alkanes) is 7. The van der Waals surface area contributed by atoms with Gasteiger partial charge in [0, 0.05) is 5.39 Å². The first-order valence-corrected chi connectivity index (χ1v) is 11.6. The average Bonchev–Trinajstić information content (AvgIpc) is 2.66. The molecular formula is C23H34O4S. The third kappa shape index (κ3) is 8.44. The van der Waals surface area contributed by atoms with Crippen LogP contribution in [0.1, 0.15) is 65.2 Å². The standard InChI is InChI=1S/C20H28O4S.C3H6/c1-2-3-4-5-6-7-8-11-16-24-19-15-14-17-12-9-10-13-18(17)20(19)25(21,22)23;1-3-2/h9-10,12-15H,2-8,11,16H2,1H3,(H,21,22,23);3H,1H2,2H3. The highest BCUT2D eigenvalue weighted by atomic mass is 32.2. The van der Waals surface area contributed by atoms with Crippen molar-refractivity contribution in [1.82, 2.24) is 0 Å². The number of hydrogen-bond acceptors (Lipinski definition) is 3. The van der Waals surface area contributed by atoms with Crippen LogP contribution in [0.4, 0.5) is 0 Å². The molecule has 5 heteroatoms. The van der Waals surface area contributed by atoms with E-state index in [2.05, 4.69) is 13.5 Å². The molecule has 0 aliphatic carbocycles. The smallest absolute Gasteiger partial charge is 0.298 e. The minimum absolute atomic E-state index is 0.134. The fourth-order valence-electron chi connectivity index (χ4n) is 3.02. The summed E-state index contributed by atoms with van der Waals surface area (Å²) in [6.07, 6.45) is 11.3. The summed E-state index contributed by atoms with van der Waals surface area (Å²) in [5.74, 6) is 0.226. The second-order valence-corrected chi connectivity index (χ2v) is 8.18. The molecule has 0 atom stereocenters. The maximum atomic E-state index is 11.8. The third-order valence-electron chi connectivity index (χ3n) is 4.36. The van der Waals surface area contributed by atoms with E-state index in [1.807, 2.05) is 25.1 Å². The predicted molar refractivity (Wildman–Crippen MR) is 118 cm³/mol. The van der Waals surface area contributed by atoms with Crippen LogP contribution in [-0.4, -0.2) is 19.6 Å². The van der Waals surface area contributed by atoms with Crippen molar-refractivity contribution < 1.29 is 17.7 Å². The Morgan fingerprint density at radius 3 is 2.14 bits per heavy atom. The second-order valence-electron chi connectivity index (χ2n) is 6.82. The van der Waals surface area contributed by atoms with Gasteiger partial charge in [-0.2, -0.15) is 8.42 Å². The molecule has 0 unspecified atom stereocenters. The molecule has 0 spiro atoms. The average molecular weight is 407 g/mol. The zero-order valence-corrected chi connectivity index (χ0v) is 18.0. The molecule has 0 aliphatic rings. The number of allylic oxidation sites excluding steroid dienone is 1. The van der Waals surface area contributed by atoms with E-state index in [1.165, 1.54) is 38.5 Å². The van der Waals surface area contributed by atoms with Crippen LogP contribution >= 0.6 is 0 Å². The summed E-state index contributed by atoms with van der Waals surface area (Å²) in [6, 6.07) is 10.5. The van der Waals surface area contributed by atoms with Gasteiger partial charge >= 0.3 is 0 Å². The molecule has 0 aliphatic heterocycles. The quantitative estimate of drug-likeness (QED) is 0.253. The van der Waals surface area contributed by atoms with Crippen molar-refractivity contribution in [3.63, 3.8) is 0 Å². The maximum absolute atomic E-state index is 11.8. The van der Waals surface area contributed by atoms with Gasteiger partial charge in [0.05, 0.1) is 6.61 Å². The Morgan fingerprint density at radius 1 is 0.964 bits per heavy atom. The predicted octanol–water partition coefficient (Wildman–Crippen LogP) is 6.80. The van der Waals surface area contributed by atoms with Crippen molar-refractivity contribution >= 4 is 20.9 Å². The molecule has 0 saturated carbocycles. The summed E-state index contributed by atoms with van der Waals surface area (Å²) in [7, 11) is -4.35. The minimum Gasteiger partial charge on any atom is -0.492 e. The molecule has 0 amide bonds. The normalized spacial score (nSPS) is 11.0. The van der Waals surface area contributed by atoms with Gasteiger partial charge in [0.1, 0.15) is 10.6 Å². The first-order chi connectivity index (χ1) is 13.5. The summed E-state index contributed by atoms with van der Waals surface area (Å²) >= 11 is 0. The molecule has 0 bridgehead atoms. The fraction of sp³-hybridized carbons (Fsp3) is 0.478. The molecule has 1 N–H and O–H groups in total. The molecule has 0 radical (unpaired) electrons. The molecule has 4 nitrogen and oxygen atoms in total. The van der Waals surface area contributed by atoms with Crippen molar-refractivity contribution in [1.29, 1.82) is 0 Å². The fourth-order valence-corrected chi connectivity index (χ4v) is 3.87. The van der Waals surface area contributed by atoms with Crippen LogP contribution < -0.4 is 4.74 Å². The summed E-state index contributed by atoms with van der Waals surface area (Å²) in [5.41, 5.74) is 0. The lowest BCUT2D eigenvalue weighted by Gasteiger charge is -2.12. The number of benzene rings is 2. The van der Waals surface area contributed by atoms with Gasteiger partial charge < -0.3 is 4.74 Å². The number of rotatable bonds is 11. The summed E-state index contributed by atoms with van der Waals surface area (Å²) < 4.78 is 38.9. The van der Waals surface area contributed by atoms with Gasteiger partial charge in [0.15, 0.2) is 0 Å². The van der Waals surface area contributed by atoms with Crippen molar-refractivity contribution in [3.05, 3.63) is 49.1 Å². The van der Waals surface area contributed by atoms with E-state index in [1.54, 1.807) is 24.3 Å². The van der Waals surface area contributed by atoms with Gasteiger partial charge in [-0.3, -0.25) is 4.55 Å². The van der Waals surface area contributed by atoms with Gasteiger partial charge in [-0.15, -0.1) is 6.58 Å². The van der Waals surface area contributed by atoms with Crippen LogP contribution in [-0.2, 0) is 10.1 Å². The Morgan fingerprint density at radius 2 is 1.54 bits per heavy atom. The molecule has 0 heterocycles. The van der Waals surface area contributed by atoms with Crippen LogP contribution in [0, 0.1) is 0 Å². The molecule has 0 saturated heterocycles. The summed E-state index contributed by atoms with van der Waals surface area (Å²) in [5, 5.41) is 1.24. The highest BCUT2D eigenvalue weighted by Gasteiger charge is 2.20. The van der Waals surface area contributed by atoms with Gasteiger partial charge in [-0.1, -0.05) is 88.3 Å². The van der Waals surface area contributed by atoms with Crippen LogP contribution in [0.3, 0.4) is 0 Å². The minimum atomic E-state index is -4.35. The third-order valence-corrected chi connectivity index (χ3v) is 5.29. The van der Waals surface area contributed by atoms with E-state index >= 15 is 0 Å². The van der Waals surface area contributed by atoms with E-state index in [-0.39, 0.29) is 10.6 Å². The van der Waals surface area contributed by atoms with Crippen LogP contribution in [0.25, 0.3) is 10.8 Å². The first-order valence-electron chi connectivity index (χ1n) is 10.1. The first kappa shape index (κ1) is 24.2. The number of hydrogen-bond donors (Lipinski definition) is 1. The summed E-state index contributed by atoms with van der Waals surface area (Å²) in [6.45, 7) is 7.92. The molecule has 156 valence electrons. The van der Waals surface area contributed by atoms with E-state index < -0.39 is 10.1 Å². The van der Waals surface area contributed by atoms with Crippen molar-refractivity contribution in [2.45, 2.75) is 70.1 Å². The van der Waals surface area contributed by atoms with Crippen LogP contribution in [0.5, 0.6) is 5.75 Å². The topological polar surface area (TPSA) is 63.6 Å². The van der Waals surface area contributed by atoms with Gasteiger partial charge in [-0.05, 0) is 24.8 Å². The monoisotopic (exact) mass is 406 g/mol. The lowest BCUT2D eigenvalue weighted by molar-refractivity contribution is 0.296. The van der Waals surface area contributed by atoms with Gasteiger partial charge in [0.25, 0.3) is 10.1 Å². The Kier molecular flexibility index (Phi) is 11.5. The van der Waals surface area contributed by atoms with Crippen molar-refractivity contribution in [2.24, 2.45) is 0 Å². The molecule has 0 fully saturated rings. The molecular weight excluding hydrogens is 372 g/mol. The SMILES string of the molecule is C=CC.CCCCCCCCCCOc1ccc2ccccc2c1S(=O)(=O)O. The Labute approximate surface area is 170 Å². The highest BCUT2D eigenvalue weighted by molar-refractivity contribution is 7.86. The largest absolute Gasteiger partial charge is 0.492 e. The second kappa shape index (κ2) is 13.3. The highest BCUT2D eigenvalue weighted by Crippen LogP contribution is 2.32. The number of ether oxygens (including phenoxy) is 1. The van der Waals surface area contributed by atoms with Gasteiger partial charge in [-0.25, -0.2) is 0 Å². The lowest BCUT2D eigenvalue weighted by Crippen LogP contribution is -2.06. The molecule has 2 rings (SSSR count). The molecule has 0 aromatic heterocycles. The Bertz CT molecular complexity index is 812.